The van der Waals surface area contributed by atoms with Crippen LogP contribution in [0.25, 0.3) is 0 Å². The predicted octanol–water partition coefficient (Wildman–Crippen LogP) is -0.134. The average molecular weight is 298 g/mol. The van der Waals surface area contributed by atoms with Gasteiger partial charge < -0.3 is 0 Å². The first-order valence-electron chi connectivity index (χ1n) is 7.07. The third kappa shape index (κ3) is 2.06. The van der Waals surface area contributed by atoms with Gasteiger partial charge in [0.1, 0.15) is 0 Å². The van der Waals surface area contributed by atoms with Gasteiger partial charge in [0.15, 0.2) is 0 Å². The lowest BCUT2D eigenvalue weighted by atomic mass is 9.75. The largest absolute Gasteiger partial charge is 0.281 e. The Balaban J connectivity index is 1.62. The molecular weight excluding hydrogens is 284 g/mol. The van der Waals surface area contributed by atoms with E-state index in [1.807, 2.05) is 0 Å². The van der Waals surface area contributed by atoms with E-state index in [-0.39, 0.29) is 36.7 Å². The molecule has 0 N–H and O–H groups in total. The van der Waals surface area contributed by atoms with E-state index in [1.54, 1.807) is 6.08 Å². The summed E-state index contributed by atoms with van der Waals surface area (Å²) in [5.41, 5.74) is 0.819. The molecule has 1 saturated heterocycles. The van der Waals surface area contributed by atoms with Crippen LogP contribution in [-0.4, -0.2) is 46.5 Å². The number of carbonyl (C=O) groups excluding carboxylic acids is 4. The third-order valence-electron chi connectivity index (χ3n) is 4.24. The molecule has 2 heterocycles. The zero-order valence-corrected chi connectivity index (χ0v) is 11.8. The van der Waals surface area contributed by atoms with Crippen molar-refractivity contribution in [2.45, 2.75) is 12.8 Å². The molecule has 0 radical (unpaired) electrons. The fourth-order valence-electron chi connectivity index (χ4n) is 3.05. The summed E-state index contributed by atoms with van der Waals surface area (Å²) in [6.07, 6.45) is 10.1. The second-order valence-electron chi connectivity index (χ2n) is 5.44. The summed E-state index contributed by atoms with van der Waals surface area (Å²) < 4.78 is 0. The molecule has 0 bridgehead atoms. The van der Waals surface area contributed by atoms with Crippen molar-refractivity contribution in [2.24, 2.45) is 11.8 Å². The van der Waals surface area contributed by atoms with E-state index >= 15 is 0 Å². The number of amides is 4. The highest BCUT2D eigenvalue weighted by molar-refractivity contribution is 6.13. The van der Waals surface area contributed by atoms with Crippen LogP contribution in [0, 0.1) is 24.2 Å². The lowest BCUT2D eigenvalue weighted by molar-refractivity contribution is -0.139. The Bertz CT molecular complexity index is 665. The Hall–Kier alpha value is -2.68. The van der Waals surface area contributed by atoms with Crippen molar-refractivity contribution in [3.63, 3.8) is 0 Å². The van der Waals surface area contributed by atoms with Crippen LogP contribution in [0.4, 0.5) is 0 Å². The van der Waals surface area contributed by atoms with Crippen molar-refractivity contribution in [1.29, 1.82) is 0 Å². The van der Waals surface area contributed by atoms with Crippen molar-refractivity contribution >= 4 is 23.6 Å². The summed E-state index contributed by atoms with van der Waals surface area (Å²) in [7, 11) is 0. The summed E-state index contributed by atoms with van der Waals surface area (Å²) in [4.78, 5) is 49.6. The Morgan fingerprint density at radius 3 is 2.32 bits per heavy atom. The fourth-order valence-corrected chi connectivity index (χ4v) is 3.05. The molecule has 2 aliphatic heterocycles. The van der Waals surface area contributed by atoms with E-state index in [0.717, 1.165) is 10.5 Å². The molecule has 0 aromatic carbocycles. The maximum absolute atomic E-state index is 12.3. The summed E-state index contributed by atoms with van der Waals surface area (Å²) in [6, 6.07) is 0. The summed E-state index contributed by atoms with van der Waals surface area (Å²) >= 11 is 0. The minimum absolute atomic E-state index is 0.205. The number of likely N-dealkylation sites (tertiary alicyclic amines) is 1. The first-order valence-corrected chi connectivity index (χ1v) is 7.07. The van der Waals surface area contributed by atoms with Crippen molar-refractivity contribution in [2.75, 3.05) is 13.1 Å². The second-order valence-corrected chi connectivity index (χ2v) is 5.44. The number of carbonyl (C=O) groups is 4. The minimum atomic E-state index is -0.439. The average Bonchev–Trinajstić information content (AvgIpc) is 2.86. The van der Waals surface area contributed by atoms with Gasteiger partial charge in [-0.2, -0.15) is 0 Å². The van der Waals surface area contributed by atoms with Crippen molar-refractivity contribution in [1.82, 2.24) is 9.80 Å². The van der Waals surface area contributed by atoms with E-state index in [9.17, 15) is 19.2 Å². The molecule has 0 spiro atoms. The zero-order valence-electron chi connectivity index (χ0n) is 11.8. The van der Waals surface area contributed by atoms with Crippen LogP contribution < -0.4 is 0 Å². The normalized spacial score (nSPS) is 26.2. The van der Waals surface area contributed by atoms with Gasteiger partial charge in [0.2, 0.25) is 11.8 Å². The molecule has 0 aromatic rings. The topological polar surface area (TPSA) is 74.8 Å². The van der Waals surface area contributed by atoms with E-state index < -0.39 is 11.8 Å². The lowest BCUT2D eigenvalue weighted by Gasteiger charge is -2.27. The number of rotatable bonds is 5. The van der Waals surface area contributed by atoms with Crippen LogP contribution in [0.5, 0.6) is 0 Å². The highest BCUT2D eigenvalue weighted by Gasteiger charge is 2.52. The molecule has 1 fully saturated rings. The van der Waals surface area contributed by atoms with Crippen molar-refractivity contribution < 1.29 is 19.2 Å². The quantitative estimate of drug-likeness (QED) is 0.402. The molecule has 3 rings (SSSR count). The van der Waals surface area contributed by atoms with Crippen LogP contribution in [0.3, 0.4) is 0 Å². The summed E-state index contributed by atoms with van der Waals surface area (Å²) in [5, 5.41) is 0. The molecule has 2 atom stereocenters. The zero-order chi connectivity index (χ0) is 15.9. The Morgan fingerprint density at radius 1 is 1.00 bits per heavy atom. The van der Waals surface area contributed by atoms with Gasteiger partial charge >= 0.3 is 0 Å². The number of terminal acetylenes is 1. The molecule has 2 unspecified atom stereocenters. The smallest absolute Gasteiger partial charge is 0.253 e. The fraction of sp³-hybridized carbons (Fsp3) is 0.375. The first-order chi connectivity index (χ1) is 10.5. The second kappa shape index (κ2) is 5.26. The lowest BCUT2D eigenvalue weighted by Crippen LogP contribution is -2.34. The molecule has 22 heavy (non-hydrogen) atoms. The first kappa shape index (κ1) is 14.3. The number of nitrogens with zero attached hydrogens (tertiary/aromatic N) is 2. The van der Waals surface area contributed by atoms with Crippen molar-refractivity contribution in [3.8, 4) is 12.3 Å². The standard InChI is InChI=1S/C16H14N2O4/c1-2-3-7-18-15(21)11-9-10(14(11)16(18)22)6-8-17-12(19)4-5-13(17)20/h1,4-5,9,11,14H,3,6-8H2. The van der Waals surface area contributed by atoms with Crippen LogP contribution in [0.2, 0.25) is 0 Å². The van der Waals surface area contributed by atoms with Crippen LogP contribution in [-0.2, 0) is 19.2 Å². The van der Waals surface area contributed by atoms with Gasteiger partial charge in [-0.1, -0.05) is 11.6 Å². The Labute approximate surface area is 127 Å². The Kier molecular flexibility index (Phi) is 3.41. The van der Waals surface area contributed by atoms with E-state index in [0.29, 0.717) is 12.8 Å². The van der Waals surface area contributed by atoms with Crippen molar-refractivity contribution in [3.05, 3.63) is 23.8 Å². The summed E-state index contributed by atoms with van der Waals surface area (Å²) in [5.74, 6) is 0.468. The van der Waals surface area contributed by atoms with Crippen LogP contribution in [0.1, 0.15) is 12.8 Å². The molecular formula is C16H14N2O4. The minimum Gasteiger partial charge on any atom is -0.281 e. The van der Waals surface area contributed by atoms with Crippen LogP contribution >= 0.6 is 0 Å². The molecule has 3 aliphatic rings. The molecule has 112 valence electrons. The third-order valence-corrected chi connectivity index (χ3v) is 4.24. The molecule has 1 aliphatic carbocycles. The number of fused-ring (bicyclic) bond motifs is 1. The molecule has 6 heteroatoms. The van der Waals surface area contributed by atoms with Gasteiger partial charge in [-0.25, -0.2) is 0 Å². The van der Waals surface area contributed by atoms with Gasteiger partial charge in [0.05, 0.1) is 11.8 Å². The molecule has 6 nitrogen and oxygen atoms in total. The van der Waals surface area contributed by atoms with Gasteiger partial charge in [0, 0.05) is 31.7 Å². The molecule has 0 saturated carbocycles. The van der Waals surface area contributed by atoms with Crippen LogP contribution in [0.15, 0.2) is 23.8 Å². The van der Waals surface area contributed by atoms with Gasteiger partial charge in [0.25, 0.3) is 11.8 Å². The van der Waals surface area contributed by atoms with E-state index in [1.165, 1.54) is 17.1 Å². The van der Waals surface area contributed by atoms with Gasteiger partial charge in [-0.15, -0.1) is 12.3 Å². The monoisotopic (exact) mass is 298 g/mol. The van der Waals surface area contributed by atoms with E-state index in [2.05, 4.69) is 5.92 Å². The Morgan fingerprint density at radius 2 is 1.68 bits per heavy atom. The van der Waals surface area contributed by atoms with E-state index in [4.69, 9.17) is 6.42 Å². The SMILES string of the molecule is C#CCCN1C(=O)C2C=C(CCN3C(=O)C=CC3=O)C2C1=O. The number of hydrogen-bond donors (Lipinski definition) is 0. The summed E-state index contributed by atoms with van der Waals surface area (Å²) in [6.45, 7) is 0.473. The highest BCUT2D eigenvalue weighted by Crippen LogP contribution is 2.43. The maximum Gasteiger partial charge on any atom is 0.253 e. The molecule has 4 amide bonds. The van der Waals surface area contributed by atoms with Gasteiger partial charge in [-0.3, -0.25) is 29.0 Å². The maximum atomic E-state index is 12.3. The number of hydrogen-bond acceptors (Lipinski definition) is 4. The molecule has 0 aromatic heterocycles. The number of imide groups is 2. The van der Waals surface area contributed by atoms with Gasteiger partial charge in [-0.05, 0) is 6.42 Å². The predicted molar refractivity (Wildman–Crippen MR) is 75.7 cm³/mol. The highest BCUT2D eigenvalue weighted by atomic mass is 16.2.